The molecule has 1 aliphatic rings. The van der Waals surface area contributed by atoms with Gasteiger partial charge >= 0.3 is 6.18 Å². The molecule has 0 heterocycles. The summed E-state index contributed by atoms with van der Waals surface area (Å²) in [6, 6.07) is 11.1. The summed E-state index contributed by atoms with van der Waals surface area (Å²) in [4.78, 5) is 12.3. The molecule has 0 fully saturated rings. The summed E-state index contributed by atoms with van der Waals surface area (Å²) >= 11 is 0. The van der Waals surface area contributed by atoms with E-state index in [0.717, 1.165) is 36.1 Å². The SMILES string of the molecule is C=CC.CC.CC.C[C@@H](NC(=O)CCc1cccc(C(F)(F)F)c1)c1cccc2c1C=CCC2. The van der Waals surface area contributed by atoms with E-state index in [9.17, 15) is 18.0 Å². The standard InChI is InChI=1S/C22H22F3NO.C3H6.2C2H6/c1-15(19-11-5-8-17-7-2-3-10-20(17)19)26-21(27)13-12-16-6-4-9-18(14-16)22(23,24)25;1-3-2;2*1-2/h3-6,8-11,14-15H,2,7,12-13H2,1H3,(H,26,27);3H,1H2,2H3;2*1-2H3/t15-;;;/m1.../s1. The summed E-state index contributed by atoms with van der Waals surface area (Å²) in [5.74, 6) is -0.169. The topological polar surface area (TPSA) is 29.1 Å². The van der Waals surface area contributed by atoms with Crippen LogP contribution in [0.15, 0.2) is 61.2 Å². The number of rotatable bonds is 5. The zero-order chi connectivity index (χ0) is 26.1. The Morgan fingerprint density at radius 2 is 1.74 bits per heavy atom. The average Bonchev–Trinajstić information content (AvgIpc) is 2.85. The third-order valence-electron chi connectivity index (χ3n) is 4.83. The van der Waals surface area contributed by atoms with Gasteiger partial charge in [-0.25, -0.2) is 0 Å². The van der Waals surface area contributed by atoms with Crippen molar-refractivity contribution in [2.75, 3.05) is 0 Å². The normalized spacial score (nSPS) is 12.3. The first-order valence-electron chi connectivity index (χ1n) is 12.1. The molecular weight excluding hydrogens is 435 g/mol. The van der Waals surface area contributed by atoms with Gasteiger partial charge in [-0.2, -0.15) is 13.2 Å². The van der Waals surface area contributed by atoms with Crippen LogP contribution in [0.5, 0.6) is 0 Å². The maximum Gasteiger partial charge on any atom is 0.416 e. The van der Waals surface area contributed by atoms with Crippen LogP contribution in [0.2, 0.25) is 0 Å². The number of fused-ring (bicyclic) bond motifs is 1. The minimum atomic E-state index is -4.37. The Balaban J connectivity index is 0.00000141. The number of nitrogens with one attached hydrogen (secondary N) is 1. The summed E-state index contributed by atoms with van der Waals surface area (Å²) in [7, 11) is 0. The van der Waals surface area contributed by atoms with Gasteiger partial charge < -0.3 is 5.32 Å². The molecule has 1 amide bonds. The zero-order valence-electron chi connectivity index (χ0n) is 21.4. The number of hydrogen-bond acceptors (Lipinski definition) is 1. The number of alkyl halides is 3. The number of amides is 1. The lowest BCUT2D eigenvalue weighted by Gasteiger charge is -2.21. The smallest absolute Gasteiger partial charge is 0.350 e. The predicted octanol–water partition coefficient (Wildman–Crippen LogP) is 8.72. The summed E-state index contributed by atoms with van der Waals surface area (Å²) in [5.41, 5.74) is 3.33. The lowest BCUT2D eigenvalue weighted by atomic mass is 9.90. The van der Waals surface area contributed by atoms with E-state index in [4.69, 9.17) is 0 Å². The Hall–Kier alpha value is -2.82. The molecule has 0 radical (unpaired) electrons. The van der Waals surface area contributed by atoms with Gasteiger partial charge in [0.1, 0.15) is 0 Å². The molecule has 1 N–H and O–H groups in total. The van der Waals surface area contributed by atoms with Crippen LogP contribution >= 0.6 is 0 Å². The van der Waals surface area contributed by atoms with Crippen LogP contribution in [-0.2, 0) is 23.8 Å². The Morgan fingerprint density at radius 1 is 1.12 bits per heavy atom. The molecule has 2 aromatic carbocycles. The predicted molar refractivity (Wildman–Crippen MR) is 139 cm³/mol. The van der Waals surface area contributed by atoms with Gasteiger partial charge in [0, 0.05) is 6.42 Å². The second-order valence-electron chi connectivity index (χ2n) is 7.26. The molecule has 1 atom stereocenters. The lowest BCUT2D eigenvalue weighted by Crippen LogP contribution is -2.27. The highest BCUT2D eigenvalue weighted by atomic mass is 19.4. The fourth-order valence-electron chi connectivity index (χ4n) is 3.42. The van der Waals surface area contributed by atoms with Crippen molar-refractivity contribution < 1.29 is 18.0 Å². The number of carbonyl (C=O) groups excluding carboxylic acids is 1. The largest absolute Gasteiger partial charge is 0.416 e. The quantitative estimate of drug-likeness (QED) is 0.430. The van der Waals surface area contributed by atoms with Gasteiger partial charge in [-0.05, 0) is 61.4 Å². The van der Waals surface area contributed by atoms with Crippen molar-refractivity contribution >= 4 is 12.0 Å². The highest BCUT2D eigenvalue weighted by molar-refractivity contribution is 5.77. The van der Waals surface area contributed by atoms with Gasteiger partial charge in [-0.3, -0.25) is 4.79 Å². The molecule has 0 spiro atoms. The molecule has 2 nitrogen and oxygen atoms in total. The van der Waals surface area contributed by atoms with Crippen LogP contribution in [0.1, 0.15) is 88.2 Å². The van der Waals surface area contributed by atoms with Crippen LogP contribution < -0.4 is 5.32 Å². The van der Waals surface area contributed by atoms with E-state index in [-0.39, 0.29) is 24.8 Å². The third kappa shape index (κ3) is 10.4. The van der Waals surface area contributed by atoms with Crippen LogP contribution in [0.25, 0.3) is 6.08 Å². The molecule has 188 valence electrons. The van der Waals surface area contributed by atoms with Crippen molar-refractivity contribution in [2.45, 2.75) is 79.4 Å². The molecule has 3 rings (SSSR count). The van der Waals surface area contributed by atoms with Gasteiger partial charge in [-0.15, -0.1) is 6.58 Å². The molecule has 5 heteroatoms. The first kappa shape index (κ1) is 31.2. The van der Waals surface area contributed by atoms with Crippen molar-refractivity contribution in [1.29, 1.82) is 0 Å². The Kier molecular flexibility index (Phi) is 15.4. The number of aryl methyl sites for hydroxylation is 2. The molecule has 34 heavy (non-hydrogen) atoms. The molecule has 0 aliphatic heterocycles. The van der Waals surface area contributed by atoms with Crippen molar-refractivity contribution in [3.8, 4) is 0 Å². The summed E-state index contributed by atoms with van der Waals surface area (Å²) in [6.45, 7) is 15.2. The number of allylic oxidation sites excluding steroid dienone is 2. The van der Waals surface area contributed by atoms with Crippen LogP contribution in [0.3, 0.4) is 0 Å². The Bertz CT molecular complexity index is 900. The third-order valence-corrected chi connectivity index (χ3v) is 4.83. The van der Waals surface area contributed by atoms with Crippen molar-refractivity contribution in [3.63, 3.8) is 0 Å². The van der Waals surface area contributed by atoms with Gasteiger partial charge in [0.05, 0.1) is 11.6 Å². The van der Waals surface area contributed by atoms with Gasteiger partial charge in [0.15, 0.2) is 0 Å². The molecule has 0 unspecified atom stereocenters. The molecule has 0 aromatic heterocycles. The molecule has 2 aromatic rings. The van der Waals surface area contributed by atoms with Crippen LogP contribution in [0, 0.1) is 0 Å². The summed E-state index contributed by atoms with van der Waals surface area (Å²) < 4.78 is 38.3. The summed E-state index contributed by atoms with van der Waals surface area (Å²) in [6.07, 6.45) is 4.05. The zero-order valence-corrected chi connectivity index (χ0v) is 21.4. The average molecular weight is 476 g/mol. The van der Waals surface area contributed by atoms with Crippen molar-refractivity contribution in [3.05, 3.63) is 89.0 Å². The number of halogens is 3. The molecule has 0 saturated heterocycles. The van der Waals surface area contributed by atoms with E-state index in [1.807, 2.05) is 53.7 Å². The van der Waals surface area contributed by atoms with E-state index in [0.29, 0.717) is 5.56 Å². The first-order chi connectivity index (χ1) is 16.3. The van der Waals surface area contributed by atoms with Gasteiger partial charge in [0.25, 0.3) is 0 Å². The number of carbonyl (C=O) groups is 1. The van der Waals surface area contributed by atoms with Crippen molar-refractivity contribution in [1.82, 2.24) is 5.32 Å². The van der Waals surface area contributed by atoms with E-state index in [1.54, 1.807) is 12.1 Å². The molecular formula is C29H40F3NO. The monoisotopic (exact) mass is 475 g/mol. The fourth-order valence-corrected chi connectivity index (χ4v) is 3.42. The van der Waals surface area contributed by atoms with E-state index in [2.05, 4.69) is 30.1 Å². The van der Waals surface area contributed by atoms with Crippen LogP contribution in [-0.4, -0.2) is 5.91 Å². The second-order valence-corrected chi connectivity index (χ2v) is 7.26. The van der Waals surface area contributed by atoms with E-state index in [1.165, 1.54) is 11.6 Å². The van der Waals surface area contributed by atoms with E-state index < -0.39 is 11.7 Å². The summed E-state index contributed by atoms with van der Waals surface area (Å²) in [5, 5.41) is 2.97. The molecule has 0 saturated carbocycles. The molecule has 0 bridgehead atoms. The van der Waals surface area contributed by atoms with Gasteiger partial charge in [-0.1, -0.05) is 82.3 Å². The van der Waals surface area contributed by atoms with Crippen LogP contribution in [0.4, 0.5) is 13.2 Å². The fraction of sp³-hybridized carbons (Fsp3) is 0.414. The maximum atomic E-state index is 12.8. The number of benzene rings is 2. The lowest BCUT2D eigenvalue weighted by molar-refractivity contribution is -0.137. The van der Waals surface area contributed by atoms with Crippen molar-refractivity contribution in [2.24, 2.45) is 0 Å². The minimum absolute atomic E-state index is 0.149. The Morgan fingerprint density at radius 3 is 2.35 bits per heavy atom. The minimum Gasteiger partial charge on any atom is -0.350 e. The highest BCUT2D eigenvalue weighted by Crippen LogP contribution is 2.30. The first-order valence-corrected chi connectivity index (χ1v) is 12.1. The van der Waals surface area contributed by atoms with Gasteiger partial charge in [0.2, 0.25) is 5.91 Å². The number of hydrogen-bond donors (Lipinski definition) is 1. The second kappa shape index (κ2) is 16.7. The highest BCUT2D eigenvalue weighted by Gasteiger charge is 2.30. The van der Waals surface area contributed by atoms with E-state index >= 15 is 0 Å². The molecule has 1 aliphatic carbocycles. The Labute approximate surface area is 204 Å². The maximum absolute atomic E-state index is 12.8.